The van der Waals surface area contributed by atoms with Crippen LogP contribution in [0.25, 0.3) is 0 Å². The van der Waals surface area contributed by atoms with E-state index in [1.165, 1.54) is 5.56 Å². The number of benzene rings is 1. The fraction of sp³-hybridized carbons (Fsp3) is 0.286. The molecule has 0 atom stereocenters. The Morgan fingerprint density at radius 1 is 1.37 bits per heavy atom. The number of halogens is 1. The molecule has 0 saturated heterocycles. The number of rotatable bonds is 4. The van der Waals surface area contributed by atoms with Gasteiger partial charge in [-0.1, -0.05) is 23.7 Å². The van der Waals surface area contributed by atoms with Crippen LogP contribution in [0.15, 0.2) is 29.6 Å². The first kappa shape index (κ1) is 12.6. The van der Waals surface area contributed by atoms with Crippen molar-refractivity contribution in [2.45, 2.75) is 24.7 Å². The van der Waals surface area contributed by atoms with Gasteiger partial charge in [-0.25, -0.2) is 4.98 Å². The third-order valence-electron chi connectivity index (χ3n) is 3.44. The number of aromatic nitrogens is 1. The number of carboxylic acids is 1. The molecule has 98 valence electrons. The van der Waals surface area contributed by atoms with Crippen LogP contribution >= 0.6 is 22.9 Å². The predicted molar refractivity (Wildman–Crippen MR) is 74.9 cm³/mol. The highest BCUT2D eigenvalue weighted by atomic mass is 35.5. The second-order valence-corrected chi connectivity index (χ2v) is 6.10. The first-order valence-electron chi connectivity index (χ1n) is 6.03. The number of carboxylic acid groups (broad SMARTS) is 1. The van der Waals surface area contributed by atoms with Crippen molar-refractivity contribution in [3.05, 3.63) is 50.9 Å². The van der Waals surface area contributed by atoms with Gasteiger partial charge in [0.2, 0.25) is 0 Å². The van der Waals surface area contributed by atoms with Gasteiger partial charge in [-0.2, -0.15) is 0 Å². The molecule has 5 heteroatoms. The summed E-state index contributed by atoms with van der Waals surface area (Å²) in [5.74, 6) is -0.840. The number of nitrogens with zero attached hydrogens (tertiary/aromatic N) is 1. The Morgan fingerprint density at radius 2 is 2.05 bits per heavy atom. The van der Waals surface area contributed by atoms with Gasteiger partial charge in [0.05, 0.1) is 12.1 Å². The lowest BCUT2D eigenvalue weighted by molar-refractivity contribution is -0.136. The van der Waals surface area contributed by atoms with Crippen LogP contribution in [-0.2, 0) is 16.6 Å². The molecule has 1 aliphatic rings. The normalized spacial score (nSPS) is 16.3. The second-order valence-electron chi connectivity index (χ2n) is 4.80. The average Bonchev–Trinajstić information content (AvgIpc) is 3.05. The zero-order valence-corrected chi connectivity index (χ0v) is 11.7. The van der Waals surface area contributed by atoms with E-state index in [0.29, 0.717) is 5.69 Å². The molecule has 0 bridgehead atoms. The monoisotopic (exact) mass is 293 g/mol. The largest absolute Gasteiger partial charge is 0.481 e. The van der Waals surface area contributed by atoms with Gasteiger partial charge in [0, 0.05) is 15.8 Å². The van der Waals surface area contributed by atoms with E-state index >= 15 is 0 Å². The summed E-state index contributed by atoms with van der Waals surface area (Å²) in [5, 5.41) is 12.4. The van der Waals surface area contributed by atoms with Crippen LogP contribution in [0, 0.1) is 0 Å². The smallest absolute Gasteiger partial charge is 0.309 e. The van der Waals surface area contributed by atoms with E-state index in [-0.39, 0.29) is 11.8 Å². The van der Waals surface area contributed by atoms with Crippen molar-refractivity contribution in [2.24, 2.45) is 0 Å². The minimum atomic E-state index is -0.840. The molecule has 1 saturated carbocycles. The Morgan fingerprint density at radius 3 is 2.63 bits per heavy atom. The van der Waals surface area contributed by atoms with Crippen molar-refractivity contribution in [1.82, 2.24) is 4.98 Å². The van der Waals surface area contributed by atoms with Crippen LogP contribution in [0.5, 0.6) is 0 Å². The fourth-order valence-corrected chi connectivity index (χ4v) is 3.51. The lowest BCUT2D eigenvalue weighted by atomic mass is 9.97. The Hall–Kier alpha value is -1.39. The van der Waals surface area contributed by atoms with Gasteiger partial charge in [0.1, 0.15) is 5.01 Å². The van der Waals surface area contributed by atoms with Crippen molar-refractivity contribution in [3.63, 3.8) is 0 Å². The SMILES string of the molecule is O=C(O)Cc1csc(C2(c3ccc(Cl)cc3)CC2)n1. The Kier molecular flexibility index (Phi) is 3.07. The molecule has 2 aromatic rings. The summed E-state index contributed by atoms with van der Waals surface area (Å²) in [4.78, 5) is 15.2. The Bertz CT molecular complexity index is 617. The van der Waals surface area contributed by atoms with Gasteiger partial charge in [-0.05, 0) is 30.5 Å². The zero-order valence-electron chi connectivity index (χ0n) is 10.1. The van der Waals surface area contributed by atoms with E-state index in [4.69, 9.17) is 16.7 Å². The highest BCUT2D eigenvalue weighted by molar-refractivity contribution is 7.09. The fourth-order valence-electron chi connectivity index (χ4n) is 2.28. The molecule has 0 spiro atoms. The van der Waals surface area contributed by atoms with E-state index in [1.807, 2.05) is 29.6 Å². The highest BCUT2D eigenvalue weighted by Crippen LogP contribution is 2.54. The van der Waals surface area contributed by atoms with Crippen LogP contribution in [0.1, 0.15) is 29.1 Å². The van der Waals surface area contributed by atoms with Crippen molar-refractivity contribution in [3.8, 4) is 0 Å². The minimum Gasteiger partial charge on any atom is -0.481 e. The molecular formula is C14H12ClNO2S. The topological polar surface area (TPSA) is 50.2 Å². The number of thiazole rings is 1. The quantitative estimate of drug-likeness (QED) is 0.938. The Balaban J connectivity index is 1.90. The lowest BCUT2D eigenvalue weighted by Crippen LogP contribution is -2.09. The van der Waals surface area contributed by atoms with Gasteiger partial charge < -0.3 is 5.11 Å². The second kappa shape index (κ2) is 4.62. The van der Waals surface area contributed by atoms with E-state index in [2.05, 4.69) is 4.98 Å². The van der Waals surface area contributed by atoms with Crippen LogP contribution in [-0.4, -0.2) is 16.1 Å². The zero-order chi connectivity index (χ0) is 13.5. The van der Waals surface area contributed by atoms with Gasteiger partial charge >= 0.3 is 5.97 Å². The summed E-state index contributed by atoms with van der Waals surface area (Å²) in [7, 11) is 0. The first-order chi connectivity index (χ1) is 9.10. The molecule has 0 amide bonds. The molecule has 1 heterocycles. The summed E-state index contributed by atoms with van der Waals surface area (Å²) in [5.41, 5.74) is 1.85. The average molecular weight is 294 g/mol. The number of aliphatic carboxylic acids is 1. The molecule has 1 fully saturated rings. The van der Waals surface area contributed by atoms with Gasteiger partial charge in [0.15, 0.2) is 0 Å². The predicted octanol–water partition coefficient (Wildman–Crippen LogP) is 3.50. The van der Waals surface area contributed by atoms with Crippen molar-refractivity contribution in [2.75, 3.05) is 0 Å². The van der Waals surface area contributed by atoms with Gasteiger partial charge in [-0.3, -0.25) is 4.79 Å². The molecule has 0 unspecified atom stereocenters. The number of hydrogen-bond donors (Lipinski definition) is 1. The summed E-state index contributed by atoms with van der Waals surface area (Å²) in [6.07, 6.45) is 2.12. The molecule has 1 aromatic heterocycles. The summed E-state index contributed by atoms with van der Waals surface area (Å²) < 4.78 is 0. The standard InChI is InChI=1S/C14H12ClNO2S/c15-10-3-1-9(2-4-10)14(5-6-14)13-16-11(8-19-13)7-12(17)18/h1-4,8H,5-7H2,(H,17,18). The maximum absolute atomic E-state index is 10.7. The maximum Gasteiger partial charge on any atom is 0.309 e. The molecule has 19 heavy (non-hydrogen) atoms. The van der Waals surface area contributed by atoms with Crippen LogP contribution in [0.3, 0.4) is 0 Å². The van der Waals surface area contributed by atoms with Crippen molar-refractivity contribution < 1.29 is 9.90 Å². The highest BCUT2D eigenvalue weighted by Gasteiger charge is 2.48. The van der Waals surface area contributed by atoms with Gasteiger partial charge in [-0.15, -0.1) is 11.3 Å². The molecular weight excluding hydrogens is 282 g/mol. The van der Waals surface area contributed by atoms with E-state index in [1.54, 1.807) is 11.3 Å². The molecule has 3 rings (SSSR count). The van der Waals surface area contributed by atoms with Crippen molar-refractivity contribution >= 4 is 28.9 Å². The third kappa shape index (κ3) is 2.38. The molecule has 0 radical (unpaired) electrons. The summed E-state index contributed by atoms with van der Waals surface area (Å²) >= 11 is 7.46. The molecule has 3 nitrogen and oxygen atoms in total. The third-order valence-corrected chi connectivity index (χ3v) is 4.79. The van der Waals surface area contributed by atoms with Crippen LogP contribution < -0.4 is 0 Å². The molecule has 0 aliphatic heterocycles. The van der Waals surface area contributed by atoms with Crippen LogP contribution in [0.4, 0.5) is 0 Å². The number of carbonyl (C=O) groups is 1. The first-order valence-corrected chi connectivity index (χ1v) is 7.29. The maximum atomic E-state index is 10.7. The van der Waals surface area contributed by atoms with Crippen LogP contribution in [0.2, 0.25) is 5.02 Å². The summed E-state index contributed by atoms with van der Waals surface area (Å²) in [6, 6.07) is 7.85. The Labute approximate surface area is 119 Å². The molecule has 1 aliphatic carbocycles. The lowest BCUT2D eigenvalue weighted by Gasteiger charge is -2.12. The van der Waals surface area contributed by atoms with E-state index < -0.39 is 5.97 Å². The van der Waals surface area contributed by atoms with Crippen molar-refractivity contribution in [1.29, 1.82) is 0 Å². The minimum absolute atomic E-state index is 0.00675. The molecule has 1 N–H and O–H groups in total. The molecule has 1 aromatic carbocycles. The van der Waals surface area contributed by atoms with E-state index in [9.17, 15) is 4.79 Å². The van der Waals surface area contributed by atoms with E-state index in [0.717, 1.165) is 22.9 Å². The number of hydrogen-bond acceptors (Lipinski definition) is 3. The summed E-state index contributed by atoms with van der Waals surface area (Å²) in [6.45, 7) is 0. The van der Waals surface area contributed by atoms with Gasteiger partial charge in [0.25, 0.3) is 0 Å².